The molecule has 0 bridgehead atoms. The monoisotopic (exact) mass is 539 g/mol. The van der Waals surface area contributed by atoms with Gasteiger partial charge in [0.25, 0.3) is 0 Å². The van der Waals surface area contributed by atoms with Crippen molar-refractivity contribution in [2.45, 2.75) is 13.3 Å². The van der Waals surface area contributed by atoms with Crippen LogP contribution in [0.1, 0.15) is 13.3 Å². The number of amides is 1. The lowest BCUT2D eigenvalue weighted by atomic mass is 10.1. The van der Waals surface area contributed by atoms with Crippen LogP contribution in [0.4, 0.5) is 11.4 Å². The van der Waals surface area contributed by atoms with Crippen molar-refractivity contribution in [3.8, 4) is 27.7 Å². The normalized spacial score (nSPS) is 10.8. The highest BCUT2D eigenvalue weighted by atomic mass is 79.9. The van der Waals surface area contributed by atoms with Crippen LogP contribution < -0.4 is 19.1 Å². The van der Waals surface area contributed by atoms with Crippen molar-refractivity contribution in [2.75, 3.05) is 31.1 Å². The van der Waals surface area contributed by atoms with E-state index in [0.717, 1.165) is 60.9 Å². The first-order valence-electron chi connectivity index (χ1n) is 10.9. The maximum Gasteiger partial charge on any atom is 0.228 e. The van der Waals surface area contributed by atoms with Crippen molar-refractivity contribution < 1.29 is 19.0 Å². The predicted octanol–water partition coefficient (Wildman–Crippen LogP) is 7.43. The molecular formula is C27H26BrNO4S. The highest BCUT2D eigenvalue weighted by molar-refractivity contribution is 9.09. The molecule has 1 heterocycles. The molecule has 0 radical (unpaired) electrons. The lowest BCUT2D eigenvalue weighted by molar-refractivity contribution is -0.115. The van der Waals surface area contributed by atoms with Crippen LogP contribution in [0.25, 0.3) is 20.5 Å². The quantitative estimate of drug-likeness (QED) is 0.164. The second-order valence-electron chi connectivity index (χ2n) is 7.61. The number of benzene rings is 3. The number of thiophene rings is 1. The summed E-state index contributed by atoms with van der Waals surface area (Å²) in [6, 6.07) is 21.5. The van der Waals surface area contributed by atoms with Gasteiger partial charge < -0.3 is 14.2 Å². The molecule has 34 heavy (non-hydrogen) atoms. The number of rotatable bonds is 9. The van der Waals surface area contributed by atoms with Crippen LogP contribution in [0.2, 0.25) is 0 Å². The first kappa shape index (κ1) is 24.1. The SMILES string of the molecule is COc1ccc(-c2sc3cc(OC)ccc3c2N(C(C)=O)c2ccc(OCCCBr)cc2)cc1. The molecule has 5 nitrogen and oxygen atoms in total. The molecule has 0 saturated heterocycles. The highest BCUT2D eigenvalue weighted by Gasteiger charge is 2.24. The van der Waals surface area contributed by atoms with Crippen molar-refractivity contribution in [3.63, 3.8) is 0 Å². The smallest absolute Gasteiger partial charge is 0.228 e. The first-order chi connectivity index (χ1) is 16.5. The topological polar surface area (TPSA) is 48.0 Å². The number of anilines is 2. The molecule has 1 aromatic heterocycles. The van der Waals surface area contributed by atoms with E-state index in [9.17, 15) is 4.79 Å². The Balaban J connectivity index is 1.84. The summed E-state index contributed by atoms with van der Waals surface area (Å²) in [6.07, 6.45) is 0.927. The molecule has 4 aromatic rings. The second kappa shape index (κ2) is 10.9. The van der Waals surface area contributed by atoms with Gasteiger partial charge in [0.05, 0.1) is 31.4 Å². The van der Waals surface area contributed by atoms with Gasteiger partial charge in [-0.2, -0.15) is 0 Å². The Morgan fingerprint density at radius 2 is 1.56 bits per heavy atom. The molecule has 3 aromatic carbocycles. The number of fused-ring (bicyclic) bond motifs is 1. The van der Waals surface area contributed by atoms with Crippen molar-refractivity contribution in [1.29, 1.82) is 0 Å². The number of carbonyl (C=O) groups excluding carboxylic acids is 1. The van der Waals surface area contributed by atoms with Crippen LogP contribution in [-0.2, 0) is 4.79 Å². The molecular weight excluding hydrogens is 514 g/mol. The third-order valence-corrected chi connectivity index (χ3v) is 7.15. The van der Waals surface area contributed by atoms with Gasteiger partial charge in [0.15, 0.2) is 0 Å². The van der Waals surface area contributed by atoms with Gasteiger partial charge in [-0.05, 0) is 78.7 Å². The van der Waals surface area contributed by atoms with Gasteiger partial charge in [0, 0.05) is 28.0 Å². The van der Waals surface area contributed by atoms with Gasteiger partial charge in [-0.25, -0.2) is 0 Å². The number of halogens is 1. The zero-order chi connectivity index (χ0) is 24.1. The Kier molecular flexibility index (Phi) is 7.75. The summed E-state index contributed by atoms with van der Waals surface area (Å²) >= 11 is 5.05. The summed E-state index contributed by atoms with van der Waals surface area (Å²) in [6.45, 7) is 2.23. The van der Waals surface area contributed by atoms with Crippen molar-refractivity contribution in [3.05, 3.63) is 66.7 Å². The molecule has 0 fully saturated rings. The lowest BCUT2D eigenvalue weighted by Gasteiger charge is -2.23. The molecule has 1 amide bonds. The number of nitrogens with zero attached hydrogens (tertiary/aromatic N) is 1. The molecule has 0 atom stereocenters. The minimum Gasteiger partial charge on any atom is -0.497 e. The fourth-order valence-corrected chi connectivity index (χ4v) is 5.21. The zero-order valence-electron chi connectivity index (χ0n) is 19.3. The number of ether oxygens (including phenoxy) is 3. The Morgan fingerprint density at radius 1 is 0.912 bits per heavy atom. The summed E-state index contributed by atoms with van der Waals surface area (Å²) in [7, 11) is 3.31. The standard InChI is InChI=1S/C27H26BrNO4S/c1-18(30)29(20-7-11-22(12-8-20)33-16-4-15-28)26-24-14-13-23(32-3)17-25(24)34-27(26)19-5-9-21(31-2)10-6-19/h5-14,17H,4,15-16H2,1-3H3. The van der Waals surface area contributed by atoms with E-state index >= 15 is 0 Å². The van der Waals surface area contributed by atoms with Crippen molar-refractivity contribution in [2.24, 2.45) is 0 Å². The van der Waals surface area contributed by atoms with E-state index in [1.807, 2.05) is 66.7 Å². The number of methoxy groups -OCH3 is 2. The average Bonchev–Trinajstić information content (AvgIpc) is 3.23. The van der Waals surface area contributed by atoms with Crippen LogP contribution in [0.5, 0.6) is 17.2 Å². The fraction of sp³-hybridized carbons (Fsp3) is 0.222. The van der Waals surface area contributed by atoms with Gasteiger partial charge in [0.2, 0.25) is 5.91 Å². The van der Waals surface area contributed by atoms with E-state index in [-0.39, 0.29) is 5.91 Å². The zero-order valence-corrected chi connectivity index (χ0v) is 21.7. The maximum atomic E-state index is 13.0. The molecule has 0 N–H and O–H groups in total. The third kappa shape index (κ3) is 5.05. The number of hydrogen-bond donors (Lipinski definition) is 0. The largest absolute Gasteiger partial charge is 0.497 e. The van der Waals surface area contributed by atoms with Crippen LogP contribution in [0.15, 0.2) is 66.7 Å². The molecule has 0 unspecified atom stereocenters. The van der Waals surface area contributed by atoms with Gasteiger partial charge in [-0.3, -0.25) is 9.69 Å². The van der Waals surface area contributed by atoms with Crippen molar-refractivity contribution in [1.82, 2.24) is 0 Å². The van der Waals surface area contributed by atoms with Gasteiger partial charge >= 0.3 is 0 Å². The van der Waals surface area contributed by atoms with Crippen LogP contribution in [0, 0.1) is 0 Å². The Bertz CT molecular complexity index is 1270. The summed E-state index contributed by atoms with van der Waals surface area (Å²) in [5.41, 5.74) is 2.65. The summed E-state index contributed by atoms with van der Waals surface area (Å²) in [4.78, 5) is 15.8. The van der Waals surface area contributed by atoms with Gasteiger partial charge in [0.1, 0.15) is 17.2 Å². The van der Waals surface area contributed by atoms with Crippen LogP contribution >= 0.6 is 27.3 Å². The van der Waals surface area contributed by atoms with Crippen LogP contribution in [0.3, 0.4) is 0 Å². The molecule has 0 aliphatic heterocycles. The number of carbonyl (C=O) groups is 1. The van der Waals surface area contributed by atoms with Crippen LogP contribution in [-0.4, -0.2) is 32.1 Å². The van der Waals surface area contributed by atoms with Gasteiger partial charge in [-0.1, -0.05) is 15.9 Å². The highest BCUT2D eigenvalue weighted by Crippen LogP contribution is 2.48. The van der Waals surface area contributed by atoms with E-state index < -0.39 is 0 Å². The predicted molar refractivity (Wildman–Crippen MR) is 144 cm³/mol. The molecule has 176 valence electrons. The molecule has 7 heteroatoms. The maximum absolute atomic E-state index is 13.0. The average molecular weight is 540 g/mol. The van der Waals surface area contributed by atoms with E-state index in [1.165, 1.54) is 0 Å². The van der Waals surface area contributed by atoms with E-state index in [0.29, 0.717) is 6.61 Å². The molecule has 0 aliphatic carbocycles. The minimum absolute atomic E-state index is 0.0711. The number of hydrogen-bond acceptors (Lipinski definition) is 5. The molecule has 0 spiro atoms. The molecule has 0 saturated carbocycles. The van der Waals surface area contributed by atoms with E-state index in [4.69, 9.17) is 14.2 Å². The lowest BCUT2D eigenvalue weighted by Crippen LogP contribution is -2.23. The van der Waals surface area contributed by atoms with Gasteiger partial charge in [-0.15, -0.1) is 11.3 Å². The summed E-state index contributed by atoms with van der Waals surface area (Å²) in [5.74, 6) is 2.27. The minimum atomic E-state index is -0.0711. The Morgan fingerprint density at radius 3 is 2.18 bits per heavy atom. The number of alkyl halides is 1. The molecule has 4 rings (SSSR count). The molecule has 0 aliphatic rings. The second-order valence-corrected chi connectivity index (χ2v) is 9.45. The van der Waals surface area contributed by atoms with E-state index in [2.05, 4.69) is 15.9 Å². The summed E-state index contributed by atoms with van der Waals surface area (Å²) < 4.78 is 17.6. The first-order valence-corrected chi connectivity index (χ1v) is 12.8. The summed E-state index contributed by atoms with van der Waals surface area (Å²) in [5, 5.41) is 1.89. The third-order valence-electron chi connectivity index (χ3n) is 5.40. The Labute approximate surface area is 212 Å². The Hall–Kier alpha value is -3.03. The van der Waals surface area contributed by atoms with E-state index in [1.54, 1.807) is 37.4 Å². The van der Waals surface area contributed by atoms with Crippen molar-refractivity contribution >= 4 is 54.6 Å². The fourth-order valence-electron chi connectivity index (χ4n) is 3.75.